The maximum absolute atomic E-state index is 12.5. The topological polar surface area (TPSA) is 108 Å². The molecule has 0 spiro atoms. The summed E-state index contributed by atoms with van der Waals surface area (Å²) in [7, 11) is 1.75. The molecule has 9 heteroatoms. The van der Waals surface area contributed by atoms with Crippen LogP contribution in [0.4, 0.5) is 0 Å². The summed E-state index contributed by atoms with van der Waals surface area (Å²) in [6.07, 6.45) is 4.27. The minimum atomic E-state index is -0.896. The number of imidazole rings is 1. The number of hydrogen-bond donors (Lipinski definition) is 2. The molecule has 3 aromatic rings. The predicted molar refractivity (Wildman–Crippen MR) is 147 cm³/mol. The molecule has 0 saturated carbocycles. The number of pyridine rings is 1. The van der Waals surface area contributed by atoms with E-state index in [2.05, 4.69) is 9.88 Å². The van der Waals surface area contributed by atoms with Crippen LogP contribution < -0.4 is 10.9 Å². The zero-order valence-corrected chi connectivity index (χ0v) is 23.1. The summed E-state index contributed by atoms with van der Waals surface area (Å²) in [5.74, 6) is 0.547. The maximum Gasteiger partial charge on any atom is 0.325 e. The van der Waals surface area contributed by atoms with Crippen molar-refractivity contribution in [3.8, 4) is 11.4 Å². The highest BCUT2D eigenvalue weighted by molar-refractivity contribution is 5.81. The van der Waals surface area contributed by atoms with Gasteiger partial charge in [0.1, 0.15) is 11.9 Å². The molecule has 0 bridgehead atoms. The summed E-state index contributed by atoms with van der Waals surface area (Å²) in [5, 5.41) is 13.3. The van der Waals surface area contributed by atoms with E-state index in [0.29, 0.717) is 25.3 Å². The average molecular weight is 525 g/mol. The third-order valence-electron chi connectivity index (χ3n) is 6.91. The van der Waals surface area contributed by atoms with E-state index in [-0.39, 0.29) is 17.6 Å². The molecule has 1 fully saturated rings. The number of nitrogens with one attached hydrogen (secondary N) is 1. The molecule has 1 aliphatic heterocycles. The van der Waals surface area contributed by atoms with Gasteiger partial charge in [0.25, 0.3) is 5.56 Å². The van der Waals surface area contributed by atoms with Gasteiger partial charge in [-0.3, -0.25) is 14.9 Å². The molecule has 4 rings (SSSR count). The van der Waals surface area contributed by atoms with E-state index in [1.54, 1.807) is 18.5 Å². The Morgan fingerprint density at radius 2 is 2.05 bits per heavy atom. The number of nitrogens with zero attached hydrogens (tertiary/aromatic N) is 3. The number of hydrogen-bond acceptors (Lipinski definition) is 7. The van der Waals surface area contributed by atoms with Crippen LogP contribution in [0.2, 0.25) is 0 Å². The van der Waals surface area contributed by atoms with Gasteiger partial charge in [-0.05, 0) is 62.8 Å². The Balaban J connectivity index is 1.64. The van der Waals surface area contributed by atoms with E-state index >= 15 is 0 Å². The highest BCUT2D eigenvalue weighted by atomic mass is 16.5. The molecule has 9 nitrogen and oxygen atoms in total. The van der Waals surface area contributed by atoms with Crippen LogP contribution in [0.3, 0.4) is 0 Å². The number of benzene rings is 1. The molecule has 2 aromatic heterocycles. The lowest BCUT2D eigenvalue weighted by atomic mass is 10.1. The molecular formula is C29H40N4O5. The summed E-state index contributed by atoms with van der Waals surface area (Å²) in [6, 6.07) is 7.10. The van der Waals surface area contributed by atoms with Crippen molar-refractivity contribution in [3.05, 3.63) is 51.9 Å². The molecule has 3 atom stereocenters. The fraction of sp³-hybridized carbons (Fsp3) is 0.552. The molecule has 206 valence electrons. The number of ether oxygens (including phenoxy) is 2. The lowest BCUT2D eigenvalue weighted by Gasteiger charge is -2.24. The van der Waals surface area contributed by atoms with E-state index in [4.69, 9.17) is 14.5 Å². The number of carbonyl (C=O) groups is 1. The molecule has 0 aliphatic carbocycles. The largest absolute Gasteiger partial charge is 0.464 e. The van der Waals surface area contributed by atoms with E-state index in [9.17, 15) is 14.7 Å². The van der Waals surface area contributed by atoms with Crippen molar-refractivity contribution >= 4 is 17.0 Å². The van der Waals surface area contributed by atoms with Gasteiger partial charge >= 0.3 is 5.97 Å². The summed E-state index contributed by atoms with van der Waals surface area (Å²) < 4.78 is 15.2. The first-order valence-corrected chi connectivity index (χ1v) is 13.5. The number of esters is 1. The van der Waals surface area contributed by atoms with E-state index in [0.717, 1.165) is 53.9 Å². The van der Waals surface area contributed by atoms with Gasteiger partial charge in [0.15, 0.2) is 0 Å². The standard InChI is InChI=1S/C29H40N4O5/c1-18(2)17-38-29(36)26(20(4)34)30-14-21-9-10-25-24(13-21)31-27(22-12-19(3)28(35)32(5)15-22)33(25)16-23-8-6-7-11-37-23/h9-10,12-13,15,18,20,23,26,30,34H,6-8,11,14,16-17H2,1-5H3. The van der Waals surface area contributed by atoms with Gasteiger partial charge in [0.05, 0.1) is 36.4 Å². The molecule has 1 saturated heterocycles. The van der Waals surface area contributed by atoms with Gasteiger partial charge in [-0.2, -0.15) is 0 Å². The van der Waals surface area contributed by atoms with Gasteiger partial charge in [0.2, 0.25) is 0 Å². The van der Waals surface area contributed by atoms with Crippen molar-refractivity contribution in [2.45, 2.75) is 78.3 Å². The Hall–Kier alpha value is -3.01. The third kappa shape index (κ3) is 6.51. The van der Waals surface area contributed by atoms with Crippen LogP contribution >= 0.6 is 0 Å². The van der Waals surface area contributed by atoms with Crippen molar-refractivity contribution in [1.29, 1.82) is 0 Å². The quantitative estimate of drug-likeness (QED) is 0.392. The van der Waals surface area contributed by atoms with Crippen molar-refractivity contribution in [1.82, 2.24) is 19.4 Å². The summed E-state index contributed by atoms with van der Waals surface area (Å²) in [6.45, 7) is 9.46. The number of aromatic nitrogens is 3. The second kappa shape index (κ2) is 12.2. The number of carbonyl (C=O) groups excluding carboxylic acids is 1. The first kappa shape index (κ1) is 28.0. The molecular weight excluding hydrogens is 484 g/mol. The van der Waals surface area contributed by atoms with E-state index < -0.39 is 18.1 Å². The summed E-state index contributed by atoms with van der Waals surface area (Å²) >= 11 is 0. The average Bonchev–Trinajstić information content (AvgIpc) is 3.23. The molecule has 1 aliphatic rings. The SMILES string of the molecule is Cc1cc(-c2nc3cc(CNC(C(=O)OCC(C)C)C(C)O)ccc3n2CC2CCCCO2)cn(C)c1=O. The highest BCUT2D eigenvalue weighted by Gasteiger charge is 2.25. The van der Waals surface area contributed by atoms with Crippen molar-refractivity contribution in [2.24, 2.45) is 13.0 Å². The van der Waals surface area contributed by atoms with Crippen LogP contribution in [0.1, 0.15) is 51.2 Å². The molecule has 3 unspecified atom stereocenters. The van der Waals surface area contributed by atoms with E-state index in [1.165, 1.54) is 0 Å². The van der Waals surface area contributed by atoms with Gasteiger partial charge < -0.3 is 23.7 Å². The minimum absolute atomic E-state index is 0.0278. The predicted octanol–water partition coefficient (Wildman–Crippen LogP) is 3.32. The van der Waals surface area contributed by atoms with Crippen LogP contribution in [0.25, 0.3) is 22.4 Å². The molecule has 1 aromatic carbocycles. The Kier molecular flexibility index (Phi) is 9.02. The van der Waals surface area contributed by atoms with Crippen molar-refractivity contribution < 1.29 is 19.4 Å². The van der Waals surface area contributed by atoms with Crippen LogP contribution in [-0.2, 0) is 34.4 Å². The molecule has 38 heavy (non-hydrogen) atoms. The monoisotopic (exact) mass is 524 g/mol. The van der Waals surface area contributed by atoms with Crippen LogP contribution in [0, 0.1) is 12.8 Å². The Morgan fingerprint density at radius 3 is 2.71 bits per heavy atom. The molecule has 3 heterocycles. The number of fused-ring (bicyclic) bond motifs is 1. The van der Waals surface area contributed by atoms with E-state index in [1.807, 2.05) is 51.2 Å². The lowest BCUT2D eigenvalue weighted by molar-refractivity contribution is -0.150. The first-order chi connectivity index (χ1) is 18.1. The summed E-state index contributed by atoms with van der Waals surface area (Å²) in [5.41, 5.74) is 4.24. The number of aryl methyl sites for hydroxylation is 2. The van der Waals surface area contributed by atoms with Gasteiger partial charge in [-0.25, -0.2) is 4.98 Å². The Labute approximate surface area is 223 Å². The highest BCUT2D eigenvalue weighted by Crippen LogP contribution is 2.28. The molecule has 0 radical (unpaired) electrons. The fourth-order valence-corrected chi connectivity index (χ4v) is 4.86. The zero-order chi connectivity index (χ0) is 27.4. The number of aliphatic hydroxyl groups is 1. The Morgan fingerprint density at radius 1 is 1.26 bits per heavy atom. The fourth-order valence-electron chi connectivity index (χ4n) is 4.86. The smallest absolute Gasteiger partial charge is 0.325 e. The number of rotatable bonds is 10. The first-order valence-electron chi connectivity index (χ1n) is 13.5. The van der Waals surface area contributed by atoms with Gasteiger partial charge in [0, 0.05) is 37.5 Å². The van der Waals surface area contributed by atoms with Gasteiger partial charge in [-0.1, -0.05) is 19.9 Å². The second-order valence-electron chi connectivity index (χ2n) is 10.8. The van der Waals surface area contributed by atoms with Crippen LogP contribution in [0.15, 0.2) is 35.3 Å². The zero-order valence-electron chi connectivity index (χ0n) is 23.1. The third-order valence-corrected chi connectivity index (χ3v) is 6.91. The van der Waals surface area contributed by atoms with Crippen molar-refractivity contribution in [2.75, 3.05) is 13.2 Å². The second-order valence-corrected chi connectivity index (χ2v) is 10.8. The Bertz CT molecular complexity index is 1290. The molecule has 0 amide bonds. The number of aliphatic hydroxyl groups excluding tert-OH is 1. The van der Waals surface area contributed by atoms with Crippen LogP contribution in [-0.4, -0.2) is 56.7 Å². The van der Waals surface area contributed by atoms with Crippen molar-refractivity contribution in [3.63, 3.8) is 0 Å². The van der Waals surface area contributed by atoms with Gasteiger partial charge in [-0.15, -0.1) is 0 Å². The van der Waals surface area contributed by atoms with Crippen LogP contribution in [0.5, 0.6) is 0 Å². The normalized spacial score (nSPS) is 17.6. The minimum Gasteiger partial charge on any atom is -0.464 e. The summed E-state index contributed by atoms with van der Waals surface area (Å²) in [4.78, 5) is 29.8. The molecule has 2 N–H and O–H groups in total. The lowest BCUT2D eigenvalue weighted by Crippen LogP contribution is -2.45. The maximum atomic E-state index is 12.5.